The van der Waals surface area contributed by atoms with E-state index in [0.717, 1.165) is 28.9 Å². The van der Waals surface area contributed by atoms with Crippen LogP contribution >= 0.6 is 0 Å². The lowest BCUT2D eigenvalue weighted by Gasteiger charge is -2.24. The summed E-state index contributed by atoms with van der Waals surface area (Å²) in [4.78, 5) is 13.0. The Bertz CT molecular complexity index is 767. The predicted octanol–water partition coefficient (Wildman–Crippen LogP) is 1.77. The fourth-order valence-electron chi connectivity index (χ4n) is 3.44. The molecule has 0 bridgehead atoms. The number of aromatic nitrogens is 4. The minimum atomic E-state index is -0.132. The second kappa shape index (κ2) is 8.01. The molecular formula is C18H27N5O3. The molecule has 3 heterocycles. The van der Waals surface area contributed by atoms with Gasteiger partial charge in [-0.1, -0.05) is 6.92 Å². The van der Waals surface area contributed by atoms with Gasteiger partial charge in [0.1, 0.15) is 5.69 Å². The number of aryl methyl sites for hydroxylation is 1. The molecule has 8 heteroatoms. The molecule has 0 aromatic carbocycles. The van der Waals surface area contributed by atoms with Crippen molar-refractivity contribution >= 4 is 5.91 Å². The van der Waals surface area contributed by atoms with Crippen molar-refractivity contribution in [1.82, 2.24) is 25.3 Å². The van der Waals surface area contributed by atoms with Crippen LogP contribution in [-0.2, 0) is 35.4 Å². The van der Waals surface area contributed by atoms with Gasteiger partial charge in [-0.05, 0) is 25.8 Å². The first-order chi connectivity index (χ1) is 12.5. The smallest absolute Gasteiger partial charge is 0.270 e. The van der Waals surface area contributed by atoms with E-state index < -0.39 is 0 Å². The van der Waals surface area contributed by atoms with Gasteiger partial charge in [0.25, 0.3) is 5.91 Å². The average Bonchev–Trinajstić information content (AvgIpc) is 3.21. The Hall–Kier alpha value is -2.19. The number of aromatic amines is 1. The number of amides is 1. The van der Waals surface area contributed by atoms with Gasteiger partial charge in [-0.2, -0.15) is 10.2 Å². The summed E-state index contributed by atoms with van der Waals surface area (Å²) >= 11 is 0. The first-order valence-electron chi connectivity index (χ1n) is 9.08. The number of nitrogens with one attached hydrogen (secondary N) is 2. The molecule has 2 atom stereocenters. The van der Waals surface area contributed by atoms with Crippen LogP contribution < -0.4 is 5.32 Å². The molecule has 2 aromatic rings. The largest absolute Gasteiger partial charge is 0.383 e. The fourth-order valence-corrected chi connectivity index (χ4v) is 3.44. The molecule has 2 N–H and O–H groups in total. The van der Waals surface area contributed by atoms with Gasteiger partial charge >= 0.3 is 0 Å². The maximum absolute atomic E-state index is 13.0. The van der Waals surface area contributed by atoms with Crippen LogP contribution in [0.1, 0.15) is 59.9 Å². The van der Waals surface area contributed by atoms with Crippen LogP contribution in [0.15, 0.2) is 6.20 Å². The third kappa shape index (κ3) is 3.66. The number of nitrogens with zero attached hydrogens (tertiary/aromatic N) is 3. The second-order valence-corrected chi connectivity index (χ2v) is 6.63. The van der Waals surface area contributed by atoms with Crippen LogP contribution in [0.3, 0.4) is 0 Å². The third-order valence-electron chi connectivity index (χ3n) is 4.73. The van der Waals surface area contributed by atoms with Gasteiger partial charge in [-0.3, -0.25) is 14.6 Å². The molecule has 0 unspecified atom stereocenters. The fraction of sp³-hybridized carbons (Fsp3) is 0.611. The minimum absolute atomic E-state index is 0.0587. The highest BCUT2D eigenvalue weighted by Gasteiger charge is 2.32. The molecule has 0 saturated carbocycles. The predicted molar refractivity (Wildman–Crippen MR) is 95.9 cm³/mol. The molecule has 0 radical (unpaired) electrons. The SMILES string of the molecule is CCc1cn[nH]c1CNC(=O)c1c2c(nn1CCOC)[C@H](C)O[C@H](C)C2. The number of carbonyl (C=O) groups excluding carboxylic acids is 1. The first-order valence-corrected chi connectivity index (χ1v) is 9.08. The van der Waals surface area contributed by atoms with Gasteiger partial charge in [0.2, 0.25) is 0 Å². The quantitative estimate of drug-likeness (QED) is 0.784. The topological polar surface area (TPSA) is 94.1 Å². The van der Waals surface area contributed by atoms with Crippen molar-refractivity contribution in [3.8, 4) is 0 Å². The Kier molecular flexibility index (Phi) is 5.73. The van der Waals surface area contributed by atoms with Crippen molar-refractivity contribution in [2.24, 2.45) is 0 Å². The summed E-state index contributed by atoms with van der Waals surface area (Å²) in [6, 6.07) is 0. The van der Waals surface area contributed by atoms with Crippen molar-refractivity contribution in [2.75, 3.05) is 13.7 Å². The number of hydrogen-bond acceptors (Lipinski definition) is 5. The molecule has 3 rings (SSSR count). The molecule has 142 valence electrons. The zero-order valence-corrected chi connectivity index (χ0v) is 15.8. The Labute approximate surface area is 153 Å². The van der Waals surface area contributed by atoms with E-state index in [1.54, 1.807) is 18.0 Å². The highest BCUT2D eigenvalue weighted by atomic mass is 16.5. The first kappa shape index (κ1) is 18.6. The Balaban J connectivity index is 1.85. The molecule has 0 spiro atoms. The van der Waals surface area contributed by atoms with E-state index >= 15 is 0 Å². The van der Waals surface area contributed by atoms with E-state index in [1.807, 2.05) is 13.8 Å². The van der Waals surface area contributed by atoms with Crippen LogP contribution in [0.5, 0.6) is 0 Å². The molecule has 26 heavy (non-hydrogen) atoms. The molecule has 1 aliphatic rings. The Morgan fingerprint density at radius 3 is 3.04 bits per heavy atom. The van der Waals surface area contributed by atoms with Crippen molar-refractivity contribution in [1.29, 1.82) is 0 Å². The van der Waals surface area contributed by atoms with Gasteiger partial charge in [0.05, 0.1) is 49.5 Å². The number of methoxy groups -OCH3 is 1. The number of fused-ring (bicyclic) bond motifs is 1. The van der Waals surface area contributed by atoms with E-state index in [9.17, 15) is 4.79 Å². The molecular weight excluding hydrogens is 334 g/mol. The van der Waals surface area contributed by atoms with E-state index in [4.69, 9.17) is 9.47 Å². The lowest BCUT2D eigenvalue weighted by molar-refractivity contribution is -0.00716. The number of carbonyl (C=O) groups is 1. The van der Waals surface area contributed by atoms with Gasteiger partial charge in [0, 0.05) is 19.1 Å². The molecule has 0 saturated heterocycles. The van der Waals surface area contributed by atoms with Gasteiger partial charge < -0.3 is 14.8 Å². The normalized spacial score (nSPS) is 19.4. The number of rotatable bonds is 7. The van der Waals surface area contributed by atoms with Crippen LogP contribution in [0.25, 0.3) is 0 Å². The molecule has 8 nitrogen and oxygen atoms in total. The molecule has 0 fully saturated rings. The molecule has 1 amide bonds. The van der Waals surface area contributed by atoms with E-state index in [-0.39, 0.29) is 18.1 Å². The van der Waals surface area contributed by atoms with E-state index in [1.165, 1.54) is 0 Å². The molecule has 2 aromatic heterocycles. The highest BCUT2D eigenvalue weighted by Crippen LogP contribution is 2.31. The average molecular weight is 361 g/mol. The van der Waals surface area contributed by atoms with Crippen molar-refractivity contribution < 1.29 is 14.3 Å². The van der Waals surface area contributed by atoms with Crippen LogP contribution in [0, 0.1) is 0 Å². The molecule has 1 aliphatic heterocycles. The lowest BCUT2D eigenvalue weighted by atomic mass is 9.99. The monoisotopic (exact) mass is 361 g/mol. The highest BCUT2D eigenvalue weighted by molar-refractivity contribution is 5.94. The number of ether oxygens (including phenoxy) is 2. The summed E-state index contributed by atoms with van der Waals surface area (Å²) in [6.45, 7) is 7.49. The van der Waals surface area contributed by atoms with Gasteiger partial charge in [0.15, 0.2) is 0 Å². The summed E-state index contributed by atoms with van der Waals surface area (Å²) < 4.78 is 12.8. The van der Waals surface area contributed by atoms with Crippen molar-refractivity contribution in [2.45, 2.75) is 58.9 Å². The van der Waals surface area contributed by atoms with E-state index in [0.29, 0.717) is 31.8 Å². The minimum Gasteiger partial charge on any atom is -0.383 e. The number of hydrogen-bond donors (Lipinski definition) is 2. The summed E-state index contributed by atoms with van der Waals surface area (Å²) in [5.41, 5.74) is 4.47. The lowest BCUT2D eigenvalue weighted by Crippen LogP contribution is -2.29. The maximum atomic E-state index is 13.0. The number of H-pyrrole nitrogens is 1. The van der Waals surface area contributed by atoms with Crippen molar-refractivity contribution in [3.63, 3.8) is 0 Å². The van der Waals surface area contributed by atoms with Gasteiger partial charge in [-0.25, -0.2) is 0 Å². The summed E-state index contributed by atoms with van der Waals surface area (Å²) in [5.74, 6) is -0.132. The van der Waals surface area contributed by atoms with Crippen LogP contribution in [0.4, 0.5) is 0 Å². The maximum Gasteiger partial charge on any atom is 0.270 e. The zero-order valence-electron chi connectivity index (χ0n) is 15.8. The van der Waals surface area contributed by atoms with E-state index in [2.05, 4.69) is 27.5 Å². The van der Waals surface area contributed by atoms with Gasteiger partial charge in [-0.15, -0.1) is 0 Å². The molecule has 0 aliphatic carbocycles. The summed E-state index contributed by atoms with van der Waals surface area (Å²) in [7, 11) is 1.64. The van der Waals surface area contributed by atoms with Crippen LogP contribution in [-0.4, -0.2) is 45.7 Å². The standard InChI is InChI=1S/C18H27N5O3/c1-5-13-9-20-21-15(13)10-19-18(24)17-14-8-11(2)26-12(3)16(14)22-23(17)6-7-25-4/h9,11-12H,5-8,10H2,1-4H3,(H,19,24)(H,20,21)/t11-,12+/m1/s1. The Morgan fingerprint density at radius 2 is 2.31 bits per heavy atom. The Morgan fingerprint density at radius 1 is 1.50 bits per heavy atom. The third-order valence-corrected chi connectivity index (χ3v) is 4.73. The summed E-state index contributed by atoms with van der Waals surface area (Å²) in [6.07, 6.45) is 3.29. The second-order valence-electron chi connectivity index (χ2n) is 6.63. The van der Waals surface area contributed by atoms with Crippen molar-refractivity contribution in [3.05, 3.63) is 34.4 Å². The van der Waals surface area contributed by atoms with Crippen LogP contribution in [0.2, 0.25) is 0 Å². The summed E-state index contributed by atoms with van der Waals surface area (Å²) in [5, 5.41) is 14.7. The zero-order chi connectivity index (χ0) is 18.7.